The molecular formula is C28H23NO9. The molecular weight excluding hydrogens is 494 g/mol. The first-order valence-corrected chi connectivity index (χ1v) is 11.9. The third-order valence-corrected chi connectivity index (χ3v) is 6.05. The van der Waals surface area contributed by atoms with Gasteiger partial charge in [0.05, 0.1) is 16.7 Å². The zero-order valence-electron chi connectivity index (χ0n) is 19.9. The summed E-state index contributed by atoms with van der Waals surface area (Å²) in [4.78, 5) is 50.7. The first-order valence-electron chi connectivity index (χ1n) is 11.9. The van der Waals surface area contributed by atoms with Crippen molar-refractivity contribution in [3.05, 3.63) is 108 Å². The molecule has 10 heteroatoms. The van der Waals surface area contributed by atoms with Gasteiger partial charge in [0, 0.05) is 0 Å². The van der Waals surface area contributed by atoms with Crippen LogP contribution < -0.4 is 5.32 Å². The van der Waals surface area contributed by atoms with Crippen LogP contribution in [0.1, 0.15) is 31.1 Å². The Kier molecular flexibility index (Phi) is 7.32. The maximum absolute atomic E-state index is 13.0. The average molecular weight is 517 g/mol. The molecule has 194 valence electrons. The fraction of sp³-hybridized carbons (Fsp3) is 0.214. The van der Waals surface area contributed by atoms with Crippen LogP contribution in [0, 0.1) is 0 Å². The Labute approximate surface area is 217 Å². The number of fused-ring (bicyclic) bond motifs is 1. The van der Waals surface area contributed by atoms with Crippen molar-refractivity contribution in [2.75, 3.05) is 6.61 Å². The Morgan fingerprint density at radius 2 is 1.16 bits per heavy atom. The Bertz CT molecular complexity index is 1300. The summed E-state index contributed by atoms with van der Waals surface area (Å²) in [6.07, 6.45) is -5.58. The number of alkyl carbamates (subject to hydrolysis) is 1. The smallest absolute Gasteiger partial charge is 0.410 e. The number of ether oxygens (including phenoxy) is 5. The number of hydrogen-bond donors (Lipinski definition) is 1. The largest absolute Gasteiger partial charge is 0.459 e. The highest BCUT2D eigenvalue weighted by Crippen LogP contribution is 2.31. The van der Waals surface area contributed by atoms with Gasteiger partial charge in [-0.3, -0.25) is 0 Å². The lowest BCUT2D eigenvalue weighted by Gasteiger charge is -2.41. The topological polar surface area (TPSA) is 126 Å². The molecule has 38 heavy (non-hydrogen) atoms. The molecule has 2 saturated heterocycles. The number of hydrogen-bond acceptors (Lipinski definition) is 9. The van der Waals surface area contributed by atoms with Gasteiger partial charge in [-0.25, -0.2) is 19.2 Å². The molecule has 0 bridgehead atoms. The van der Waals surface area contributed by atoms with Gasteiger partial charge in [-0.1, -0.05) is 54.6 Å². The van der Waals surface area contributed by atoms with Gasteiger partial charge in [0.15, 0.2) is 12.2 Å². The standard InChI is InChI=1S/C28H23NO9/c30-24(17-10-4-1-5-11-17)34-16-20-22(36-25(31)18-12-6-2-7-13-18)23(21-27(35-20)38-28(33)29-21)37-26(32)19-14-8-3-9-15-19/h1-15,20-23,27H,16H2,(H,29,33)/t20-,21-,22-,23-,27-/m1/s1. The van der Waals surface area contributed by atoms with E-state index in [4.69, 9.17) is 23.7 Å². The van der Waals surface area contributed by atoms with Crippen molar-refractivity contribution >= 4 is 24.0 Å². The molecule has 0 spiro atoms. The van der Waals surface area contributed by atoms with Crippen molar-refractivity contribution in [1.29, 1.82) is 0 Å². The van der Waals surface area contributed by atoms with Crippen LogP contribution in [0.25, 0.3) is 0 Å². The fourth-order valence-corrected chi connectivity index (χ4v) is 4.20. The third-order valence-electron chi connectivity index (χ3n) is 6.05. The van der Waals surface area contributed by atoms with Crippen LogP contribution in [0.15, 0.2) is 91.0 Å². The van der Waals surface area contributed by atoms with E-state index < -0.39 is 54.6 Å². The first-order chi connectivity index (χ1) is 18.5. The maximum Gasteiger partial charge on any atom is 0.410 e. The van der Waals surface area contributed by atoms with Gasteiger partial charge in [0.25, 0.3) is 0 Å². The highest BCUT2D eigenvalue weighted by atomic mass is 16.7. The number of benzene rings is 3. The zero-order valence-corrected chi connectivity index (χ0v) is 19.9. The lowest BCUT2D eigenvalue weighted by molar-refractivity contribution is -0.234. The summed E-state index contributed by atoms with van der Waals surface area (Å²) >= 11 is 0. The average Bonchev–Trinajstić information content (AvgIpc) is 3.34. The van der Waals surface area contributed by atoms with Crippen molar-refractivity contribution in [2.24, 2.45) is 0 Å². The van der Waals surface area contributed by atoms with Gasteiger partial charge >= 0.3 is 24.0 Å². The first kappa shape index (κ1) is 25.0. The van der Waals surface area contributed by atoms with Crippen LogP contribution >= 0.6 is 0 Å². The Hall–Kier alpha value is -4.70. The minimum absolute atomic E-state index is 0.245. The lowest BCUT2D eigenvalue weighted by Crippen LogP contribution is -2.63. The molecule has 3 aromatic carbocycles. The molecule has 0 aliphatic carbocycles. The monoisotopic (exact) mass is 517 g/mol. The van der Waals surface area contributed by atoms with Crippen molar-refractivity contribution in [2.45, 2.75) is 30.6 Å². The predicted molar refractivity (Wildman–Crippen MR) is 130 cm³/mol. The molecule has 10 nitrogen and oxygen atoms in total. The molecule has 2 aliphatic rings. The van der Waals surface area contributed by atoms with E-state index in [1.54, 1.807) is 91.0 Å². The van der Waals surface area contributed by atoms with Crippen molar-refractivity contribution in [1.82, 2.24) is 5.32 Å². The van der Waals surface area contributed by atoms with Gasteiger partial charge < -0.3 is 29.0 Å². The molecule has 5 atom stereocenters. The summed E-state index contributed by atoms with van der Waals surface area (Å²) in [5.74, 6) is -2.06. The van der Waals surface area contributed by atoms with E-state index in [0.29, 0.717) is 5.56 Å². The number of amides is 1. The molecule has 2 fully saturated rings. The van der Waals surface area contributed by atoms with Gasteiger partial charge in [-0.15, -0.1) is 0 Å². The lowest BCUT2D eigenvalue weighted by atomic mass is 9.96. The SMILES string of the molecule is O=C1N[C@H]2[C@@H](O1)O[C@H](COC(=O)c1ccccc1)[C@@H](OC(=O)c1ccccc1)[C@@H]2OC(=O)c1ccccc1. The van der Waals surface area contributed by atoms with E-state index in [0.717, 1.165) is 0 Å². The summed E-state index contributed by atoms with van der Waals surface area (Å²) in [6.45, 7) is -0.374. The van der Waals surface area contributed by atoms with E-state index in [2.05, 4.69) is 5.32 Å². The van der Waals surface area contributed by atoms with Crippen LogP contribution in [0.3, 0.4) is 0 Å². The van der Waals surface area contributed by atoms with Crippen LogP contribution in [0.5, 0.6) is 0 Å². The van der Waals surface area contributed by atoms with E-state index in [1.807, 2.05) is 0 Å². The van der Waals surface area contributed by atoms with Gasteiger partial charge in [0.1, 0.15) is 18.8 Å². The molecule has 1 amide bonds. The van der Waals surface area contributed by atoms with Crippen LogP contribution in [-0.2, 0) is 23.7 Å². The molecule has 0 aromatic heterocycles. The van der Waals surface area contributed by atoms with E-state index in [1.165, 1.54) is 0 Å². The van der Waals surface area contributed by atoms with Crippen LogP contribution in [0.2, 0.25) is 0 Å². The summed E-state index contributed by atoms with van der Waals surface area (Å²) in [7, 11) is 0. The molecule has 0 unspecified atom stereocenters. The molecule has 2 heterocycles. The van der Waals surface area contributed by atoms with Crippen molar-refractivity contribution < 1.29 is 42.9 Å². The second kappa shape index (κ2) is 11.1. The minimum atomic E-state index is -1.26. The maximum atomic E-state index is 13.0. The van der Waals surface area contributed by atoms with E-state index in [-0.39, 0.29) is 17.7 Å². The second-order valence-electron chi connectivity index (χ2n) is 8.55. The van der Waals surface area contributed by atoms with Gasteiger partial charge in [0.2, 0.25) is 6.29 Å². The predicted octanol–water partition coefficient (Wildman–Crippen LogP) is 3.13. The molecule has 5 rings (SSSR count). The quantitative estimate of drug-likeness (QED) is 0.372. The Balaban J connectivity index is 1.43. The number of nitrogens with one attached hydrogen (secondary N) is 1. The summed E-state index contributed by atoms with van der Waals surface area (Å²) in [6, 6.07) is 23.7. The van der Waals surface area contributed by atoms with Gasteiger partial charge in [-0.2, -0.15) is 0 Å². The highest BCUT2D eigenvalue weighted by molar-refractivity contribution is 5.91. The normalized spacial score (nSPS) is 23.8. The van der Waals surface area contributed by atoms with Crippen LogP contribution in [0.4, 0.5) is 4.79 Å². The molecule has 0 radical (unpaired) electrons. The third kappa shape index (κ3) is 5.50. The number of esters is 3. The minimum Gasteiger partial charge on any atom is -0.459 e. The zero-order chi connectivity index (χ0) is 26.5. The number of rotatable bonds is 7. The van der Waals surface area contributed by atoms with E-state index >= 15 is 0 Å². The van der Waals surface area contributed by atoms with E-state index in [9.17, 15) is 19.2 Å². The molecule has 3 aromatic rings. The highest BCUT2D eigenvalue weighted by Gasteiger charge is 2.55. The summed E-state index contributed by atoms with van der Waals surface area (Å²) < 4.78 is 28.1. The fourth-order valence-electron chi connectivity index (χ4n) is 4.20. The summed E-state index contributed by atoms with van der Waals surface area (Å²) in [5, 5.41) is 2.55. The summed E-state index contributed by atoms with van der Waals surface area (Å²) in [5.41, 5.74) is 0.801. The van der Waals surface area contributed by atoms with Crippen LogP contribution in [-0.4, -0.2) is 61.3 Å². The Morgan fingerprint density at radius 3 is 1.68 bits per heavy atom. The number of carbonyl (C=O) groups excluding carboxylic acids is 4. The van der Waals surface area contributed by atoms with Crippen molar-refractivity contribution in [3.63, 3.8) is 0 Å². The van der Waals surface area contributed by atoms with Gasteiger partial charge in [-0.05, 0) is 36.4 Å². The van der Waals surface area contributed by atoms with Crippen molar-refractivity contribution in [3.8, 4) is 0 Å². The molecule has 0 saturated carbocycles. The number of carbonyl (C=O) groups is 4. The molecule has 1 N–H and O–H groups in total. The molecule has 2 aliphatic heterocycles. The Morgan fingerprint density at radius 1 is 0.684 bits per heavy atom. The second-order valence-corrected chi connectivity index (χ2v) is 8.55.